The van der Waals surface area contributed by atoms with Crippen molar-refractivity contribution in [3.05, 3.63) is 28.8 Å². The normalized spacial score (nSPS) is 17.6. The molecule has 0 aliphatic carbocycles. The minimum atomic E-state index is 0.821. The first kappa shape index (κ1) is 14.6. The van der Waals surface area contributed by atoms with E-state index in [1.165, 1.54) is 12.8 Å². The van der Waals surface area contributed by atoms with Crippen LogP contribution in [0.5, 0.6) is 5.75 Å². The number of hydrogen-bond donors (Lipinski definition) is 1. The molecule has 0 bridgehead atoms. The minimum absolute atomic E-state index is 0.821. The van der Waals surface area contributed by atoms with Gasteiger partial charge in [0.05, 0.1) is 7.11 Å². The highest BCUT2D eigenvalue weighted by molar-refractivity contribution is 6.31. The third-order valence-corrected chi connectivity index (χ3v) is 4.22. The summed E-state index contributed by atoms with van der Waals surface area (Å²) in [5.41, 5.74) is 1.16. The fourth-order valence-electron chi connectivity index (χ4n) is 2.68. The quantitative estimate of drug-likeness (QED) is 0.899. The van der Waals surface area contributed by atoms with Crippen molar-refractivity contribution in [3.63, 3.8) is 0 Å². The molecule has 0 atom stereocenters. The summed E-state index contributed by atoms with van der Waals surface area (Å²) in [5, 5.41) is 4.10. The molecule has 1 heterocycles. The minimum Gasteiger partial charge on any atom is -0.497 e. The van der Waals surface area contributed by atoms with Crippen molar-refractivity contribution in [2.75, 3.05) is 33.8 Å². The average Bonchev–Trinajstić information content (AvgIpc) is 2.44. The molecule has 3 nitrogen and oxygen atoms in total. The number of nitrogens with one attached hydrogen (secondary N) is 1. The number of methoxy groups -OCH3 is 1. The van der Waals surface area contributed by atoms with Crippen LogP contribution >= 0.6 is 11.6 Å². The Balaban J connectivity index is 1.91. The maximum absolute atomic E-state index is 6.26. The number of nitrogens with zero attached hydrogens (tertiary/aromatic N) is 1. The third-order valence-electron chi connectivity index (χ3n) is 3.85. The number of rotatable bonds is 5. The number of likely N-dealkylation sites (tertiary alicyclic amines) is 1. The number of halogens is 1. The van der Waals surface area contributed by atoms with Gasteiger partial charge in [-0.3, -0.25) is 4.90 Å². The lowest BCUT2D eigenvalue weighted by Crippen LogP contribution is -2.36. The van der Waals surface area contributed by atoms with Crippen molar-refractivity contribution in [2.24, 2.45) is 5.92 Å². The molecular formula is C15H23ClN2O. The van der Waals surface area contributed by atoms with Crippen molar-refractivity contribution < 1.29 is 4.74 Å². The fourth-order valence-corrected chi connectivity index (χ4v) is 2.85. The van der Waals surface area contributed by atoms with Gasteiger partial charge in [-0.15, -0.1) is 0 Å². The van der Waals surface area contributed by atoms with Gasteiger partial charge in [-0.2, -0.15) is 0 Å². The standard InChI is InChI=1S/C15H23ClN2O/c1-17-10-12-5-7-18(8-6-12)11-13-9-14(19-2)3-4-15(13)16/h3-4,9,12,17H,5-8,10-11H2,1-2H3. The second-order valence-corrected chi connectivity index (χ2v) is 5.64. The first-order valence-electron chi connectivity index (χ1n) is 6.92. The monoisotopic (exact) mass is 282 g/mol. The highest BCUT2D eigenvalue weighted by Crippen LogP contribution is 2.25. The van der Waals surface area contributed by atoms with Crippen LogP contribution in [0.2, 0.25) is 5.02 Å². The lowest BCUT2D eigenvalue weighted by molar-refractivity contribution is 0.176. The van der Waals surface area contributed by atoms with Gasteiger partial charge in [-0.25, -0.2) is 0 Å². The molecule has 19 heavy (non-hydrogen) atoms. The van der Waals surface area contributed by atoms with Crippen molar-refractivity contribution in [3.8, 4) is 5.75 Å². The molecule has 0 unspecified atom stereocenters. The van der Waals surface area contributed by atoms with Crippen LogP contribution in [-0.2, 0) is 6.54 Å². The van der Waals surface area contributed by atoms with Gasteiger partial charge in [0, 0.05) is 11.6 Å². The molecule has 0 aromatic heterocycles. The molecule has 4 heteroatoms. The molecule has 0 saturated carbocycles. The SMILES string of the molecule is CNCC1CCN(Cc2cc(OC)ccc2Cl)CC1. The summed E-state index contributed by atoms with van der Waals surface area (Å²) in [6.45, 7) is 4.36. The molecule has 1 aliphatic heterocycles. The highest BCUT2D eigenvalue weighted by atomic mass is 35.5. The lowest BCUT2D eigenvalue weighted by atomic mass is 9.96. The average molecular weight is 283 g/mol. The zero-order valence-corrected chi connectivity index (χ0v) is 12.5. The maximum Gasteiger partial charge on any atom is 0.119 e. The number of piperidine rings is 1. The highest BCUT2D eigenvalue weighted by Gasteiger charge is 2.19. The number of benzene rings is 1. The molecule has 1 N–H and O–H groups in total. The van der Waals surface area contributed by atoms with E-state index in [-0.39, 0.29) is 0 Å². The van der Waals surface area contributed by atoms with E-state index in [9.17, 15) is 0 Å². The van der Waals surface area contributed by atoms with Gasteiger partial charge < -0.3 is 10.1 Å². The van der Waals surface area contributed by atoms with E-state index in [4.69, 9.17) is 16.3 Å². The zero-order valence-electron chi connectivity index (χ0n) is 11.8. The summed E-state index contributed by atoms with van der Waals surface area (Å²) >= 11 is 6.26. The molecule has 1 aliphatic rings. The van der Waals surface area contributed by atoms with Crippen LogP contribution < -0.4 is 10.1 Å². The third kappa shape index (κ3) is 4.10. The van der Waals surface area contributed by atoms with Crippen LogP contribution in [0, 0.1) is 5.92 Å². The lowest BCUT2D eigenvalue weighted by Gasteiger charge is -2.32. The predicted octanol–water partition coefficient (Wildman–Crippen LogP) is 2.78. The Morgan fingerprint density at radius 2 is 2.11 bits per heavy atom. The molecule has 1 fully saturated rings. The molecule has 0 spiro atoms. The van der Waals surface area contributed by atoms with E-state index < -0.39 is 0 Å². The molecule has 1 saturated heterocycles. The van der Waals surface area contributed by atoms with Gasteiger partial charge in [0.2, 0.25) is 0 Å². The van der Waals surface area contributed by atoms with E-state index in [0.29, 0.717) is 0 Å². The van der Waals surface area contributed by atoms with Gasteiger partial charge in [0.25, 0.3) is 0 Å². The first-order valence-corrected chi connectivity index (χ1v) is 7.30. The molecule has 1 aromatic carbocycles. The molecular weight excluding hydrogens is 260 g/mol. The fraction of sp³-hybridized carbons (Fsp3) is 0.600. The molecule has 2 rings (SSSR count). The zero-order chi connectivity index (χ0) is 13.7. The Bertz CT molecular complexity index is 403. The summed E-state index contributed by atoms with van der Waals surface area (Å²) < 4.78 is 5.26. The Labute approximate surface area is 120 Å². The second-order valence-electron chi connectivity index (χ2n) is 5.23. The molecule has 0 radical (unpaired) electrons. The van der Waals surface area contributed by atoms with Crippen molar-refractivity contribution in [2.45, 2.75) is 19.4 Å². The van der Waals surface area contributed by atoms with Crippen molar-refractivity contribution >= 4 is 11.6 Å². The molecule has 106 valence electrons. The van der Waals surface area contributed by atoms with Crippen LogP contribution in [0.15, 0.2) is 18.2 Å². The Kier molecular flexibility index (Phi) is 5.49. The maximum atomic E-state index is 6.26. The van der Waals surface area contributed by atoms with Crippen LogP contribution in [0.3, 0.4) is 0 Å². The Hall–Kier alpha value is -0.770. The van der Waals surface area contributed by atoms with Gasteiger partial charge in [-0.1, -0.05) is 11.6 Å². The molecule has 0 amide bonds. The molecule has 1 aromatic rings. The van der Waals surface area contributed by atoms with E-state index in [2.05, 4.69) is 10.2 Å². The summed E-state index contributed by atoms with van der Waals surface area (Å²) in [4.78, 5) is 2.48. The van der Waals surface area contributed by atoms with E-state index in [1.54, 1.807) is 7.11 Å². The van der Waals surface area contributed by atoms with Crippen LogP contribution in [0.25, 0.3) is 0 Å². The summed E-state index contributed by atoms with van der Waals surface area (Å²) in [6.07, 6.45) is 2.53. The summed E-state index contributed by atoms with van der Waals surface area (Å²) in [6, 6.07) is 5.87. The Morgan fingerprint density at radius 3 is 2.74 bits per heavy atom. The number of hydrogen-bond acceptors (Lipinski definition) is 3. The van der Waals surface area contributed by atoms with Gasteiger partial charge in [0.1, 0.15) is 5.75 Å². The van der Waals surface area contributed by atoms with E-state index >= 15 is 0 Å². The summed E-state index contributed by atoms with van der Waals surface area (Å²) in [7, 11) is 3.72. The summed E-state index contributed by atoms with van der Waals surface area (Å²) in [5.74, 6) is 1.70. The van der Waals surface area contributed by atoms with E-state index in [0.717, 1.165) is 48.4 Å². The smallest absolute Gasteiger partial charge is 0.119 e. The van der Waals surface area contributed by atoms with E-state index in [1.807, 2.05) is 25.2 Å². The van der Waals surface area contributed by atoms with Gasteiger partial charge >= 0.3 is 0 Å². The topological polar surface area (TPSA) is 24.5 Å². The predicted molar refractivity (Wildman–Crippen MR) is 79.9 cm³/mol. The van der Waals surface area contributed by atoms with Gasteiger partial charge in [-0.05, 0) is 69.2 Å². The second kappa shape index (κ2) is 7.13. The van der Waals surface area contributed by atoms with Crippen molar-refractivity contribution in [1.29, 1.82) is 0 Å². The van der Waals surface area contributed by atoms with Gasteiger partial charge in [0.15, 0.2) is 0 Å². The number of ether oxygens (including phenoxy) is 1. The van der Waals surface area contributed by atoms with Crippen LogP contribution in [0.1, 0.15) is 18.4 Å². The Morgan fingerprint density at radius 1 is 1.37 bits per heavy atom. The van der Waals surface area contributed by atoms with Crippen LogP contribution in [0.4, 0.5) is 0 Å². The largest absolute Gasteiger partial charge is 0.497 e. The first-order chi connectivity index (χ1) is 9.22. The van der Waals surface area contributed by atoms with Crippen molar-refractivity contribution in [1.82, 2.24) is 10.2 Å². The van der Waals surface area contributed by atoms with Crippen LogP contribution in [-0.4, -0.2) is 38.7 Å².